The van der Waals surface area contributed by atoms with E-state index in [1.165, 1.54) is 6.26 Å². The molecule has 2 aromatic rings. The van der Waals surface area contributed by atoms with Crippen LogP contribution in [0.1, 0.15) is 96.0 Å². The zero-order valence-corrected chi connectivity index (χ0v) is 28.3. The third-order valence-electron chi connectivity index (χ3n) is 11.1. The largest absolute Gasteiger partial charge is 0.450 e. The summed E-state index contributed by atoms with van der Waals surface area (Å²) in [6, 6.07) is 15.8. The first-order valence-electron chi connectivity index (χ1n) is 16.6. The minimum Gasteiger partial charge on any atom is -0.450 e. The molecule has 5 nitrogen and oxygen atoms in total. The Bertz CT molecular complexity index is 1470. The summed E-state index contributed by atoms with van der Waals surface area (Å²) in [6.45, 7) is 13.7. The molecule has 2 aliphatic carbocycles. The van der Waals surface area contributed by atoms with E-state index < -0.39 is 21.4 Å². The lowest BCUT2D eigenvalue weighted by Crippen LogP contribution is -2.56. The highest BCUT2D eigenvalue weighted by Crippen LogP contribution is 2.61. The standard InChI is InChI=1S/C38H50O5S/c1-23(2)30-19-13-25(5)21-32(30)38(33-22-26(6)14-20-31(33)24(3)4)35(27-15-17-29(18-16-27)44(7,41)42)34(37(40)43-38)36(39)28-11-9-8-10-12-28/h8-12,15-18,23-26,30-33H,13-14,19-22H2,1-7H3. The summed E-state index contributed by atoms with van der Waals surface area (Å²) in [7, 11) is -3.43. The maximum absolute atomic E-state index is 14.4. The molecule has 2 fully saturated rings. The molecule has 238 valence electrons. The first-order valence-corrected chi connectivity index (χ1v) is 18.5. The number of carbonyl (C=O) groups is 2. The van der Waals surface area contributed by atoms with Gasteiger partial charge >= 0.3 is 5.97 Å². The van der Waals surface area contributed by atoms with E-state index in [0.717, 1.165) is 38.5 Å². The van der Waals surface area contributed by atoms with Gasteiger partial charge in [0.05, 0.1) is 4.90 Å². The van der Waals surface area contributed by atoms with Crippen molar-refractivity contribution in [1.29, 1.82) is 0 Å². The number of hydrogen-bond donors (Lipinski definition) is 0. The summed E-state index contributed by atoms with van der Waals surface area (Å²) in [6.07, 6.45) is 7.42. The van der Waals surface area contributed by atoms with Gasteiger partial charge in [0.25, 0.3) is 0 Å². The van der Waals surface area contributed by atoms with E-state index in [1.807, 2.05) is 18.2 Å². The SMILES string of the molecule is CC1CCC(C(C)C)C(C2(C3CC(C)CCC3C(C)C)OC(=O)C(C(=O)c3ccccc3)=C2c2ccc(S(C)(=O)=O)cc2)C1. The summed E-state index contributed by atoms with van der Waals surface area (Å²) >= 11 is 0. The highest BCUT2D eigenvalue weighted by atomic mass is 32.2. The Morgan fingerprint density at radius 2 is 1.30 bits per heavy atom. The van der Waals surface area contributed by atoms with E-state index in [4.69, 9.17) is 4.74 Å². The van der Waals surface area contributed by atoms with Crippen molar-refractivity contribution in [3.05, 3.63) is 71.3 Å². The van der Waals surface area contributed by atoms with Crippen LogP contribution in [-0.2, 0) is 19.4 Å². The van der Waals surface area contributed by atoms with E-state index in [2.05, 4.69) is 41.5 Å². The Balaban J connectivity index is 1.86. The van der Waals surface area contributed by atoms with E-state index >= 15 is 0 Å². The molecule has 2 saturated carbocycles. The molecule has 0 saturated heterocycles. The Morgan fingerprint density at radius 3 is 1.75 bits per heavy atom. The van der Waals surface area contributed by atoms with Crippen LogP contribution in [0, 0.1) is 47.3 Å². The van der Waals surface area contributed by atoms with Crippen molar-refractivity contribution < 1.29 is 22.7 Å². The molecule has 3 aliphatic rings. The molecule has 0 amide bonds. The molecular formula is C38H50O5S. The molecule has 0 aromatic heterocycles. The van der Waals surface area contributed by atoms with Gasteiger partial charge in [0.15, 0.2) is 9.84 Å². The first kappa shape index (κ1) is 32.7. The molecule has 0 spiro atoms. The number of sulfone groups is 1. The van der Waals surface area contributed by atoms with Crippen LogP contribution in [-0.4, -0.2) is 32.0 Å². The summed E-state index contributed by atoms with van der Waals surface area (Å²) in [5.74, 6) is 1.54. The van der Waals surface area contributed by atoms with Crippen LogP contribution in [0.2, 0.25) is 0 Å². The van der Waals surface area contributed by atoms with Gasteiger partial charge in [0.2, 0.25) is 5.78 Å². The Hall–Kier alpha value is -2.73. The van der Waals surface area contributed by atoms with Crippen LogP contribution < -0.4 is 0 Å². The molecular weight excluding hydrogens is 568 g/mol. The molecule has 1 aliphatic heterocycles. The van der Waals surface area contributed by atoms with E-state index in [9.17, 15) is 18.0 Å². The summed E-state index contributed by atoms with van der Waals surface area (Å²) in [5, 5.41) is 0. The monoisotopic (exact) mass is 618 g/mol. The molecule has 0 N–H and O–H groups in total. The van der Waals surface area contributed by atoms with Crippen molar-refractivity contribution in [1.82, 2.24) is 0 Å². The fraction of sp³-hybridized carbons (Fsp3) is 0.579. The number of rotatable bonds is 8. The van der Waals surface area contributed by atoms with Crippen LogP contribution in [0.4, 0.5) is 0 Å². The maximum atomic E-state index is 14.4. The fourth-order valence-corrected chi connectivity index (χ4v) is 9.55. The molecule has 6 unspecified atom stereocenters. The fourth-order valence-electron chi connectivity index (χ4n) is 8.92. The van der Waals surface area contributed by atoms with Crippen LogP contribution in [0.3, 0.4) is 0 Å². The van der Waals surface area contributed by atoms with Gasteiger partial charge in [-0.3, -0.25) is 4.79 Å². The average Bonchev–Trinajstić information content (AvgIpc) is 3.29. The minimum absolute atomic E-state index is 0.0393. The molecule has 6 heteroatoms. The maximum Gasteiger partial charge on any atom is 0.343 e. The zero-order chi connectivity index (χ0) is 32.0. The van der Waals surface area contributed by atoms with E-state index in [0.29, 0.717) is 52.2 Å². The van der Waals surface area contributed by atoms with Crippen LogP contribution >= 0.6 is 0 Å². The Kier molecular flexibility index (Phi) is 9.33. The number of ether oxygens (including phenoxy) is 1. The molecule has 0 bridgehead atoms. The molecule has 44 heavy (non-hydrogen) atoms. The lowest BCUT2D eigenvalue weighted by molar-refractivity contribution is -0.170. The second-order valence-electron chi connectivity index (χ2n) is 14.8. The van der Waals surface area contributed by atoms with Crippen molar-refractivity contribution in [2.75, 3.05) is 6.26 Å². The van der Waals surface area contributed by atoms with Crippen LogP contribution in [0.15, 0.2) is 65.1 Å². The Labute approximate surface area is 264 Å². The van der Waals surface area contributed by atoms with Gasteiger partial charge < -0.3 is 4.74 Å². The molecule has 1 heterocycles. The lowest BCUT2D eigenvalue weighted by atomic mass is 9.52. The number of benzene rings is 2. The summed E-state index contributed by atoms with van der Waals surface area (Å²) < 4.78 is 31.9. The van der Waals surface area contributed by atoms with Gasteiger partial charge in [-0.2, -0.15) is 0 Å². The topological polar surface area (TPSA) is 77.5 Å². The average molecular weight is 619 g/mol. The van der Waals surface area contributed by atoms with Gasteiger partial charge in [-0.05, 0) is 78.9 Å². The molecule has 2 aromatic carbocycles. The summed E-state index contributed by atoms with van der Waals surface area (Å²) in [4.78, 5) is 29.1. The van der Waals surface area contributed by atoms with Gasteiger partial charge in [-0.1, -0.05) is 96.8 Å². The summed E-state index contributed by atoms with van der Waals surface area (Å²) in [5.41, 5.74) is 0.978. The first-order chi connectivity index (χ1) is 20.8. The predicted octanol–water partition coefficient (Wildman–Crippen LogP) is 8.44. The molecule has 6 atom stereocenters. The number of Topliss-reactive ketones (excluding diaryl/α,β-unsaturated/α-hetero) is 1. The van der Waals surface area contributed by atoms with Gasteiger partial charge in [0.1, 0.15) is 11.2 Å². The quantitative estimate of drug-likeness (QED) is 0.169. The predicted molar refractivity (Wildman–Crippen MR) is 176 cm³/mol. The van der Waals surface area contributed by atoms with Crippen molar-refractivity contribution in [2.45, 2.75) is 90.6 Å². The highest BCUT2D eigenvalue weighted by Gasteiger charge is 2.63. The van der Waals surface area contributed by atoms with Gasteiger partial charge in [0, 0.05) is 29.2 Å². The van der Waals surface area contributed by atoms with Crippen molar-refractivity contribution in [3.8, 4) is 0 Å². The molecule has 0 radical (unpaired) electrons. The van der Waals surface area contributed by atoms with Crippen LogP contribution in [0.5, 0.6) is 0 Å². The second kappa shape index (κ2) is 12.6. The third-order valence-corrected chi connectivity index (χ3v) is 12.2. The third kappa shape index (κ3) is 5.96. The highest BCUT2D eigenvalue weighted by molar-refractivity contribution is 7.90. The second-order valence-corrected chi connectivity index (χ2v) is 16.8. The van der Waals surface area contributed by atoms with Crippen LogP contribution in [0.25, 0.3) is 5.57 Å². The zero-order valence-electron chi connectivity index (χ0n) is 27.5. The lowest BCUT2D eigenvalue weighted by Gasteiger charge is -2.55. The number of cyclic esters (lactones) is 1. The normalized spacial score (nSPS) is 31.4. The van der Waals surface area contributed by atoms with E-state index in [1.54, 1.807) is 36.4 Å². The van der Waals surface area contributed by atoms with Gasteiger partial charge in [-0.15, -0.1) is 0 Å². The number of ketones is 1. The Morgan fingerprint density at radius 1 is 0.795 bits per heavy atom. The van der Waals surface area contributed by atoms with Gasteiger partial charge in [-0.25, -0.2) is 13.2 Å². The number of carbonyl (C=O) groups excluding carboxylic acids is 2. The smallest absolute Gasteiger partial charge is 0.343 e. The minimum atomic E-state index is -3.43. The van der Waals surface area contributed by atoms with Crippen molar-refractivity contribution in [3.63, 3.8) is 0 Å². The van der Waals surface area contributed by atoms with E-state index in [-0.39, 0.29) is 28.1 Å². The number of hydrogen-bond acceptors (Lipinski definition) is 5. The number of esters is 1. The van der Waals surface area contributed by atoms with Crippen molar-refractivity contribution >= 4 is 27.2 Å². The molecule has 5 rings (SSSR count). The van der Waals surface area contributed by atoms with Crippen molar-refractivity contribution in [2.24, 2.45) is 47.3 Å².